The van der Waals surface area contributed by atoms with E-state index in [4.69, 9.17) is 4.18 Å². The van der Waals surface area contributed by atoms with Gasteiger partial charge in [-0.05, 0) is 92.3 Å². The Bertz CT molecular complexity index is 1510. The van der Waals surface area contributed by atoms with E-state index in [0.29, 0.717) is 39.5 Å². The van der Waals surface area contributed by atoms with Crippen molar-refractivity contribution in [3.63, 3.8) is 0 Å². The first-order chi connectivity index (χ1) is 18.6. The Hall–Kier alpha value is -2.23. The summed E-state index contributed by atoms with van der Waals surface area (Å²) >= 11 is 7.05. The SMILES string of the molecule is CCN1C2=C(C(=O)CC(C)(C)C2)C(c2cc(Br)c(OS(=O)(=O)c3ccccc3)c(Br)c2)C2=C1CC(C)(C)CC2=O. The highest BCUT2D eigenvalue weighted by molar-refractivity contribution is 9.11. The number of hydrogen-bond donors (Lipinski definition) is 0. The van der Waals surface area contributed by atoms with Crippen molar-refractivity contribution in [3.05, 3.63) is 79.5 Å². The topological polar surface area (TPSA) is 80.8 Å². The van der Waals surface area contributed by atoms with Crippen LogP contribution in [-0.4, -0.2) is 31.4 Å². The van der Waals surface area contributed by atoms with Crippen molar-refractivity contribution >= 4 is 53.5 Å². The molecule has 0 saturated carbocycles. The number of ketones is 2. The van der Waals surface area contributed by atoms with Crippen molar-refractivity contribution < 1.29 is 22.2 Å². The van der Waals surface area contributed by atoms with Crippen LogP contribution in [0.15, 0.2) is 78.8 Å². The highest BCUT2D eigenvalue weighted by Gasteiger charge is 2.48. The quantitative estimate of drug-likeness (QED) is 0.300. The minimum Gasteiger partial charge on any atom is -0.377 e. The summed E-state index contributed by atoms with van der Waals surface area (Å²) < 4.78 is 32.3. The average molecular weight is 691 g/mol. The van der Waals surface area contributed by atoms with Crippen LogP contribution in [0.5, 0.6) is 5.75 Å². The molecule has 0 aromatic heterocycles. The van der Waals surface area contributed by atoms with E-state index in [-0.39, 0.29) is 33.0 Å². The van der Waals surface area contributed by atoms with Crippen LogP contribution < -0.4 is 4.18 Å². The van der Waals surface area contributed by atoms with Crippen LogP contribution in [0.4, 0.5) is 0 Å². The molecule has 0 atom stereocenters. The molecule has 3 aliphatic rings. The molecule has 5 rings (SSSR count). The Morgan fingerprint density at radius 2 is 1.32 bits per heavy atom. The fraction of sp³-hybridized carbons (Fsp3) is 0.419. The summed E-state index contributed by atoms with van der Waals surface area (Å²) in [5.74, 6) is -0.321. The number of benzene rings is 2. The molecule has 0 radical (unpaired) electrons. The van der Waals surface area contributed by atoms with Crippen molar-refractivity contribution in [2.45, 2.75) is 71.1 Å². The lowest BCUT2D eigenvalue weighted by Gasteiger charge is -2.49. The molecule has 0 amide bonds. The van der Waals surface area contributed by atoms with Gasteiger partial charge < -0.3 is 9.08 Å². The summed E-state index contributed by atoms with van der Waals surface area (Å²) in [5, 5.41) is 0. The molecular weight excluding hydrogens is 658 g/mol. The maximum Gasteiger partial charge on any atom is 0.339 e. The molecule has 0 saturated heterocycles. The molecule has 2 aromatic carbocycles. The van der Waals surface area contributed by atoms with Crippen LogP contribution in [0.3, 0.4) is 0 Å². The summed E-state index contributed by atoms with van der Waals surface area (Å²) in [4.78, 5) is 29.9. The third-order valence-corrected chi connectivity index (χ3v) is 10.3. The Morgan fingerprint density at radius 3 is 1.77 bits per heavy atom. The highest BCUT2D eigenvalue weighted by atomic mass is 79.9. The van der Waals surface area contributed by atoms with Crippen LogP contribution in [0.2, 0.25) is 0 Å². The normalized spacial score (nSPS) is 20.9. The number of halogens is 2. The second-order valence-corrected chi connectivity index (χ2v) is 15.7. The minimum atomic E-state index is -4.08. The third-order valence-electron chi connectivity index (χ3n) is 7.92. The van der Waals surface area contributed by atoms with E-state index in [1.54, 1.807) is 30.3 Å². The summed E-state index contributed by atoms with van der Waals surface area (Å²) in [7, 11) is -4.08. The largest absolute Gasteiger partial charge is 0.377 e. The van der Waals surface area contributed by atoms with Gasteiger partial charge in [-0.25, -0.2) is 0 Å². The number of rotatable bonds is 5. The van der Waals surface area contributed by atoms with Gasteiger partial charge in [0, 0.05) is 47.8 Å². The first-order valence-electron chi connectivity index (χ1n) is 13.4. The minimum absolute atomic E-state index is 0.0419. The van der Waals surface area contributed by atoms with Crippen molar-refractivity contribution in [3.8, 4) is 5.75 Å². The predicted molar refractivity (Wildman–Crippen MR) is 161 cm³/mol. The standard InChI is InChI=1S/C31H33Br2NO5S/c1-6-34-22-14-30(2,3)16-24(35)27(22)26(28-23(34)15-31(4,5)17-25(28)36)18-12-20(32)29(21(33)13-18)39-40(37,38)19-10-8-7-9-11-19/h7-13,26H,6,14-17H2,1-5H3. The first-order valence-corrected chi connectivity index (χ1v) is 16.4. The van der Waals surface area contributed by atoms with Crippen LogP contribution in [0.25, 0.3) is 0 Å². The van der Waals surface area contributed by atoms with Crippen molar-refractivity contribution in [2.24, 2.45) is 10.8 Å². The van der Waals surface area contributed by atoms with Crippen LogP contribution in [0.1, 0.15) is 71.8 Å². The van der Waals surface area contributed by atoms with Gasteiger partial charge in [0.15, 0.2) is 17.3 Å². The summed E-state index contributed by atoms with van der Waals surface area (Å²) in [5.41, 5.74) is 3.71. The van der Waals surface area contributed by atoms with E-state index in [1.165, 1.54) is 12.1 Å². The molecule has 0 fully saturated rings. The molecule has 6 nitrogen and oxygen atoms in total. The fourth-order valence-corrected chi connectivity index (χ4v) is 8.92. The number of nitrogens with zero attached hydrogens (tertiary/aromatic N) is 1. The first kappa shape index (κ1) is 29.3. The maximum absolute atomic E-state index is 13.8. The molecule has 212 valence electrons. The highest BCUT2D eigenvalue weighted by Crippen LogP contribution is 2.55. The number of Topliss-reactive ketones (excluding diaryl/α,β-unsaturated/α-hetero) is 2. The predicted octanol–water partition coefficient (Wildman–Crippen LogP) is 7.68. The van der Waals surface area contributed by atoms with Gasteiger partial charge in [0.2, 0.25) is 0 Å². The molecule has 2 aromatic rings. The average Bonchev–Trinajstić information content (AvgIpc) is 2.84. The maximum atomic E-state index is 13.8. The van der Waals surface area contributed by atoms with Crippen LogP contribution >= 0.6 is 31.9 Å². The Kier molecular flexibility index (Phi) is 7.50. The van der Waals surface area contributed by atoms with Crippen molar-refractivity contribution in [1.29, 1.82) is 0 Å². The van der Waals surface area contributed by atoms with E-state index in [2.05, 4.69) is 71.4 Å². The van der Waals surface area contributed by atoms with E-state index < -0.39 is 16.0 Å². The van der Waals surface area contributed by atoms with Gasteiger partial charge in [-0.15, -0.1) is 0 Å². The van der Waals surface area contributed by atoms with E-state index in [9.17, 15) is 18.0 Å². The zero-order chi connectivity index (χ0) is 29.2. The summed E-state index contributed by atoms with van der Waals surface area (Å²) in [6.45, 7) is 11.2. The molecule has 0 bridgehead atoms. The summed E-state index contributed by atoms with van der Waals surface area (Å²) in [6, 6.07) is 11.5. The second-order valence-electron chi connectivity index (χ2n) is 12.4. The van der Waals surface area contributed by atoms with Crippen molar-refractivity contribution in [2.75, 3.05) is 6.54 Å². The lowest BCUT2D eigenvalue weighted by molar-refractivity contribution is -0.119. The molecule has 1 heterocycles. The number of carbonyl (C=O) groups is 2. The van der Waals surface area contributed by atoms with Gasteiger partial charge in [0.1, 0.15) is 4.90 Å². The van der Waals surface area contributed by atoms with Gasteiger partial charge in [-0.3, -0.25) is 9.59 Å². The van der Waals surface area contributed by atoms with Crippen LogP contribution in [0, 0.1) is 10.8 Å². The third kappa shape index (κ3) is 5.25. The zero-order valence-corrected chi connectivity index (χ0v) is 27.3. The molecular formula is C31H33Br2NO5S. The van der Waals surface area contributed by atoms with Gasteiger partial charge in [-0.1, -0.05) is 45.9 Å². The van der Waals surface area contributed by atoms with E-state index in [0.717, 1.165) is 29.8 Å². The Morgan fingerprint density at radius 1 is 0.850 bits per heavy atom. The lowest BCUT2D eigenvalue weighted by atomic mass is 9.63. The fourth-order valence-electron chi connectivity index (χ4n) is 6.33. The van der Waals surface area contributed by atoms with Gasteiger partial charge in [0.05, 0.1) is 8.95 Å². The molecule has 2 aliphatic carbocycles. The van der Waals surface area contributed by atoms with E-state index in [1.807, 2.05) is 0 Å². The molecule has 40 heavy (non-hydrogen) atoms. The smallest absolute Gasteiger partial charge is 0.339 e. The van der Waals surface area contributed by atoms with E-state index >= 15 is 0 Å². The second kappa shape index (κ2) is 10.2. The number of carbonyl (C=O) groups excluding carboxylic acids is 2. The number of hydrogen-bond acceptors (Lipinski definition) is 6. The lowest BCUT2D eigenvalue weighted by Crippen LogP contribution is -2.44. The zero-order valence-electron chi connectivity index (χ0n) is 23.3. The monoisotopic (exact) mass is 689 g/mol. The van der Waals surface area contributed by atoms with Gasteiger partial charge >= 0.3 is 10.1 Å². The molecule has 0 spiro atoms. The molecule has 9 heteroatoms. The Balaban J connectivity index is 1.67. The van der Waals surface area contributed by atoms with Crippen LogP contribution in [-0.2, 0) is 19.7 Å². The molecule has 1 aliphatic heterocycles. The molecule has 0 N–H and O–H groups in total. The molecule has 0 unspecified atom stereocenters. The Labute approximate surface area is 253 Å². The number of allylic oxidation sites excluding steroid dienone is 4. The summed E-state index contributed by atoms with van der Waals surface area (Å²) in [6.07, 6.45) is 2.29. The van der Waals surface area contributed by atoms with Gasteiger partial charge in [-0.2, -0.15) is 8.42 Å². The van der Waals surface area contributed by atoms with Crippen molar-refractivity contribution in [1.82, 2.24) is 4.90 Å². The van der Waals surface area contributed by atoms with Gasteiger partial charge in [0.25, 0.3) is 0 Å².